The minimum absolute atomic E-state index is 0.0899. The van der Waals surface area contributed by atoms with Crippen molar-refractivity contribution in [2.45, 2.75) is 51.9 Å². The van der Waals surface area contributed by atoms with E-state index < -0.39 is 0 Å². The predicted molar refractivity (Wildman–Crippen MR) is 99.3 cm³/mol. The molecule has 2 aromatic heterocycles. The number of furan rings is 1. The lowest BCUT2D eigenvalue weighted by atomic mass is 9.95. The van der Waals surface area contributed by atoms with Gasteiger partial charge >= 0.3 is 0 Å². The van der Waals surface area contributed by atoms with Gasteiger partial charge in [-0.25, -0.2) is 0 Å². The number of aryl methyl sites for hydroxylation is 1. The molecule has 1 fully saturated rings. The molecule has 0 aliphatic heterocycles. The summed E-state index contributed by atoms with van der Waals surface area (Å²) < 4.78 is 5.65. The topological polar surface area (TPSA) is 68.0 Å². The highest BCUT2D eigenvalue weighted by Crippen LogP contribution is 2.42. The van der Waals surface area contributed by atoms with Crippen LogP contribution in [0.15, 0.2) is 22.8 Å². The fraction of sp³-hybridized carbons (Fsp3) is 0.421. The van der Waals surface area contributed by atoms with Crippen molar-refractivity contribution in [1.29, 1.82) is 0 Å². The van der Waals surface area contributed by atoms with Crippen LogP contribution in [0.2, 0.25) is 0 Å². The van der Waals surface area contributed by atoms with Crippen molar-refractivity contribution in [2.75, 3.05) is 5.32 Å². The van der Waals surface area contributed by atoms with Crippen molar-refractivity contribution >= 4 is 33.3 Å². The summed E-state index contributed by atoms with van der Waals surface area (Å²) in [4.78, 5) is 12.4. The van der Waals surface area contributed by atoms with E-state index in [0.29, 0.717) is 17.0 Å². The van der Waals surface area contributed by atoms with E-state index in [4.69, 9.17) is 4.42 Å². The maximum absolute atomic E-state index is 12.4. The molecule has 130 valence electrons. The van der Waals surface area contributed by atoms with E-state index in [1.54, 1.807) is 6.26 Å². The molecule has 0 saturated heterocycles. The first kappa shape index (κ1) is 16.3. The number of benzene rings is 1. The van der Waals surface area contributed by atoms with Gasteiger partial charge in [-0.1, -0.05) is 25.2 Å². The minimum atomic E-state index is -0.0899. The van der Waals surface area contributed by atoms with E-state index in [2.05, 4.69) is 48.4 Å². The number of hydrogen-bond donors (Lipinski definition) is 1. The fourth-order valence-electron chi connectivity index (χ4n) is 3.12. The molecule has 3 aromatic rings. The Kier molecular flexibility index (Phi) is 4.07. The van der Waals surface area contributed by atoms with E-state index in [-0.39, 0.29) is 12.3 Å². The highest BCUT2D eigenvalue weighted by molar-refractivity contribution is 7.15. The molecule has 0 bridgehead atoms. The number of nitrogens with zero attached hydrogens (tertiary/aromatic N) is 2. The van der Waals surface area contributed by atoms with Gasteiger partial charge in [0.25, 0.3) is 0 Å². The van der Waals surface area contributed by atoms with Gasteiger partial charge in [-0.2, -0.15) is 0 Å². The molecule has 25 heavy (non-hydrogen) atoms. The molecule has 1 aromatic carbocycles. The molecule has 1 saturated carbocycles. The van der Waals surface area contributed by atoms with Crippen LogP contribution in [0.4, 0.5) is 5.13 Å². The predicted octanol–water partition coefficient (Wildman–Crippen LogP) is 4.77. The highest BCUT2D eigenvalue weighted by atomic mass is 32.1. The summed E-state index contributed by atoms with van der Waals surface area (Å²) in [6, 6.07) is 4.20. The number of nitrogens with one attached hydrogen (secondary N) is 1. The zero-order chi connectivity index (χ0) is 17.6. The Labute approximate surface area is 150 Å². The molecule has 0 spiro atoms. The number of anilines is 1. The molecule has 5 nitrogen and oxygen atoms in total. The Morgan fingerprint density at radius 2 is 2.16 bits per heavy atom. The number of fused-ring (bicyclic) bond motifs is 1. The average molecular weight is 355 g/mol. The summed E-state index contributed by atoms with van der Waals surface area (Å²) in [6.07, 6.45) is 4.32. The zero-order valence-corrected chi connectivity index (χ0v) is 15.4. The smallest absolute Gasteiger partial charge is 0.230 e. The van der Waals surface area contributed by atoms with E-state index >= 15 is 0 Å². The number of aromatic nitrogens is 2. The van der Waals surface area contributed by atoms with Crippen LogP contribution in [0.1, 0.15) is 60.2 Å². The second-order valence-electron chi connectivity index (χ2n) is 7.07. The van der Waals surface area contributed by atoms with Crippen LogP contribution in [-0.4, -0.2) is 16.1 Å². The third-order valence-corrected chi connectivity index (χ3v) is 5.63. The summed E-state index contributed by atoms with van der Waals surface area (Å²) in [7, 11) is 0. The van der Waals surface area contributed by atoms with Crippen molar-refractivity contribution in [2.24, 2.45) is 0 Å². The number of carbonyl (C=O) groups excluding carboxylic acids is 1. The normalized spacial score (nSPS) is 14.4. The minimum Gasteiger partial charge on any atom is -0.464 e. The first-order chi connectivity index (χ1) is 12.0. The van der Waals surface area contributed by atoms with Crippen LogP contribution < -0.4 is 5.32 Å². The fourth-order valence-corrected chi connectivity index (χ4v) is 4.05. The van der Waals surface area contributed by atoms with Crippen molar-refractivity contribution < 1.29 is 9.21 Å². The molecule has 0 radical (unpaired) electrons. The Morgan fingerprint density at radius 1 is 1.36 bits per heavy atom. The molecule has 4 rings (SSSR count). The molecule has 1 N–H and O–H groups in total. The van der Waals surface area contributed by atoms with E-state index in [9.17, 15) is 4.79 Å². The lowest BCUT2D eigenvalue weighted by Gasteiger charge is -2.09. The Bertz CT molecular complexity index is 937. The molecular weight excluding hydrogens is 334 g/mol. The van der Waals surface area contributed by atoms with Gasteiger partial charge in [0.1, 0.15) is 10.6 Å². The van der Waals surface area contributed by atoms with Crippen LogP contribution in [0.5, 0.6) is 0 Å². The molecular formula is C19H21N3O2S. The van der Waals surface area contributed by atoms with Crippen LogP contribution >= 0.6 is 11.3 Å². The SMILES string of the molecule is Cc1cc2occ(CC(=O)Nc3nnc(C4CC4)s3)c2cc1C(C)C. The Morgan fingerprint density at radius 3 is 2.88 bits per heavy atom. The van der Waals surface area contributed by atoms with Crippen molar-refractivity contribution in [1.82, 2.24) is 10.2 Å². The van der Waals surface area contributed by atoms with Crippen molar-refractivity contribution in [3.8, 4) is 0 Å². The molecule has 6 heteroatoms. The second-order valence-corrected chi connectivity index (χ2v) is 8.07. The summed E-state index contributed by atoms with van der Waals surface area (Å²) in [6.45, 7) is 6.44. The van der Waals surface area contributed by atoms with Gasteiger partial charge in [0.15, 0.2) is 0 Å². The number of carbonyl (C=O) groups is 1. The average Bonchev–Trinajstić information content (AvgIpc) is 3.20. The van der Waals surface area contributed by atoms with Crippen LogP contribution in [-0.2, 0) is 11.2 Å². The quantitative estimate of drug-likeness (QED) is 0.715. The van der Waals surface area contributed by atoms with Crippen molar-refractivity contribution in [3.05, 3.63) is 40.1 Å². The van der Waals surface area contributed by atoms with Gasteiger partial charge in [0.05, 0.1) is 12.7 Å². The van der Waals surface area contributed by atoms with Crippen LogP contribution in [0.3, 0.4) is 0 Å². The zero-order valence-electron chi connectivity index (χ0n) is 14.6. The van der Waals surface area contributed by atoms with Gasteiger partial charge in [-0.05, 0) is 48.9 Å². The standard InChI is InChI=1S/C19H21N3O2S/c1-10(2)14-8-15-13(9-24-16(15)6-11(14)3)7-17(23)20-19-22-21-18(25-19)12-4-5-12/h6,8-10,12H,4-5,7H2,1-3H3,(H,20,22,23). The lowest BCUT2D eigenvalue weighted by Crippen LogP contribution is -2.14. The largest absolute Gasteiger partial charge is 0.464 e. The van der Waals surface area contributed by atoms with Crippen LogP contribution in [0, 0.1) is 6.92 Å². The molecule has 1 aliphatic carbocycles. The monoisotopic (exact) mass is 355 g/mol. The third-order valence-electron chi connectivity index (χ3n) is 4.63. The van der Waals surface area contributed by atoms with Gasteiger partial charge in [-0.15, -0.1) is 10.2 Å². The highest BCUT2D eigenvalue weighted by Gasteiger charge is 2.27. The number of rotatable bonds is 5. The molecule has 0 unspecified atom stereocenters. The molecule has 1 aliphatic rings. The summed E-state index contributed by atoms with van der Waals surface area (Å²) >= 11 is 1.48. The van der Waals surface area contributed by atoms with E-state index in [1.165, 1.54) is 35.3 Å². The van der Waals surface area contributed by atoms with E-state index in [0.717, 1.165) is 21.5 Å². The lowest BCUT2D eigenvalue weighted by molar-refractivity contribution is -0.115. The second kappa shape index (κ2) is 6.26. The number of hydrogen-bond acceptors (Lipinski definition) is 5. The van der Waals surface area contributed by atoms with Crippen molar-refractivity contribution in [3.63, 3.8) is 0 Å². The van der Waals surface area contributed by atoms with Crippen LogP contribution in [0.25, 0.3) is 11.0 Å². The van der Waals surface area contributed by atoms with Gasteiger partial charge in [0.2, 0.25) is 11.0 Å². The molecule has 1 amide bonds. The van der Waals surface area contributed by atoms with Gasteiger partial charge in [-0.3, -0.25) is 4.79 Å². The maximum Gasteiger partial charge on any atom is 0.230 e. The summed E-state index contributed by atoms with van der Waals surface area (Å²) in [5, 5.41) is 13.7. The molecule has 2 heterocycles. The van der Waals surface area contributed by atoms with E-state index in [1.807, 2.05) is 0 Å². The first-order valence-corrected chi connectivity index (χ1v) is 9.46. The molecule has 0 atom stereocenters. The Balaban J connectivity index is 1.52. The third kappa shape index (κ3) is 3.31. The van der Waals surface area contributed by atoms with Gasteiger partial charge < -0.3 is 9.73 Å². The summed E-state index contributed by atoms with van der Waals surface area (Å²) in [5.74, 6) is 0.898. The number of amides is 1. The summed E-state index contributed by atoms with van der Waals surface area (Å²) in [5.41, 5.74) is 4.24. The maximum atomic E-state index is 12.4. The van der Waals surface area contributed by atoms with Gasteiger partial charge in [0, 0.05) is 16.9 Å². The first-order valence-electron chi connectivity index (χ1n) is 8.65. The Hall–Kier alpha value is -2.21.